The average molecular weight is 254 g/mol. The molecule has 3 nitrogen and oxygen atoms in total. The third-order valence-corrected chi connectivity index (χ3v) is 3.24. The summed E-state index contributed by atoms with van der Waals surface area (Å²) in [7, 11) is 0. The molecule has 0 aliphatic heterocycles. The van der Waals surface area contributed by atoms with Gasteiger partial charge in [-0.15, -0.1) is 0 Å². The summed E-state index contributed by atoms with van der Waals surface area (Å²) in [5.74, 6) is 0.0206. The molecular formula is C14H10N2OS. The normalized spacial score (nSPS) is 9.94. The molecule has 0 radical (unpaired) electrons. The zero-order valence-electron chi connectivity index (χ0n) is 9.54. The van der Waals surface area contributed by atoms with Gasteiger partial charge < -0.3 is 4.42 Å². The minimum absolute atomic E-state index is 0.336. The van der Waals surface area contributed by atoms with E-state index in [0.29, 0.717) is 12.2 Å². The highest BCUT2D eigenvalue weighted by molar-refractivity contribution is 7.99. The fourth-order valence-corrected chi connectivity index (χ4v) is 2.26. The van der Waals surface area contributed by atoms with E-state index in [0.717, 1.165) is 9.99 Å². The Kier molecular flexibility index (Phi) is 4.06. The minimum Gasteiger partial charge on any atom is -0.454 e. The lowest BCUT2D eigenvalue weighted by Crippen LogP contribution is -1.96. The largest absolute Gasteiger partial charge is 0.454 e. The van der Waals surface area contributed by atoms with Crippen LogP contribution >= 0.6 is 11.8 Å². The lowest BCUT2D eigenvalue weighted by atomic mass is 10.1. The molecule has 1 heterocycles. The van der Waals surface area contributed by atoms with E-state index >= 15 is 0 Å². The van der Waals surface area contributed by atoms with E-state index in [2.05, 4.69) is 0 Å². The molecule has 0 saturated carbocycles. The maximum atomic E-state index is 8.71. The molecule has 0 N–H and O–H groups in total. The summed E-state index contributed by atoms with van der Waals surface area (Å²) >= 11 is 1.52. The van der Waals surface area contributed by atoms with Crippen molar-refractivity contribution in [2.75, 3.05) is 0 Å². The second-order valence-corrected chi connectivity index (χ2v) is 4.73. The van der Waals surface area contributed by atoms with Gasteiger partial charge in [0.25, 0.3) is 0 Å². The van der Waals surface area contributed by atoms with Gasteiger partial charge >= 0.3 is 0 Å². The van der Waals surface area contributed by atoms with Crippen molar-refractivity contribution in [3.8, 4) is 12.1 Å². The standard InChI is InChI=1S/C14H10N2OS/c15-9-11(10-16)8-12-6-7-14(17-12)18-13-4-2-1-3-5-13/h1-7,11H,8H2. The van der Waals surface area contributed by atoms with E-state index in [1.807, 2.05) is 54.6 Å². The van der Waals surface area contributed by atoms with Crippen LogP contribution in [-0.2, 0) is 6.42 Å². The van der Waals surface area contributed by atoms with Gasteiger partial charge in [-0.1, -0.05) is 30.0 Å². The van der Waals surface area contributed by atoms with Crippen molar-refractivity contribution >= 4 is 11.8 Å². The van der Waals surface area contributed by atoms with Crippen LogP contribution in [0, 0.1) is 28.6 Å². The molecule has 0 fully saturated rings. The first-order chi connectivity index (χ1) is 8.81. The predicted octanol–water partition coefficient (Wildman–Crippen LogP) is 3.64. The van der Waals surface area contributed by atoms with Gasteiger partial charge in [0, 0.05) is 11.3 Å². The van der Waals surface area contributed by atoms with Gasteiger partial charge in [0.15, 0.2) is 5.09 Å². The van der Waals surface area contributed by atoms with Crippen molar-refractivity contribution in [1.82, 2.24) is 0 Å². The molecule has 0 atom stereocenters. The molecule has 1 aromatic heterocycles. The van der Waals surface area contributed by atoms with Crippen LogP contribution < -0.4 is 0 Å². The van der Waals surface area contributed by atoms with Crippen LogP contribution in [0.25, 0.3) is 0 Å². The number of hydrogen-bond donors (Lipinski definition) is 0. The zero-order valence-corrected chi connectivity index (χ0v) is 10.4. The van der Waals surface area contributed by atoms with Gasteiger partial charge in [0.2, 0.25) is 0 Å². The Bertz CT molecular complexity index is 578. The molecule has 4 heteroatoms. The van der Waals surface area contributed by atoms with Gasteiger partial charge in [-0.2, -0.15) is 10.5 Å². The number of furan rings is 1. The van der Waals surface area contributed by atoms with E-state index in [9.17, 15) is 0 Å². The first kappa shape index (κ1) is 12.3. The van der Waals surface area contributed by atoms with E-state index in [1.54, 1.807) is 0 Å². The first-order valence-corrected chi connectivity index (χ1v) is 6.24. The van der Waals surface area contributed by atoms with Gasteiger partial charge in [-0.3, -0.25) is 0 Å². The Morgan fingerprint density at radius 2 is 1.78 bits per heavy atom. The van der Waals surface area contributed by atoms with Gasteiger partial charge in [0.05, 0.1) is 12.1 Å². The lowest BCUT2D eigenvalue weighted by molar-refractivity contribution is 0.425. The maximum absolute atomic E-state index is 8.71. The number of benzene rings is 1. The fraction of sp³-hybridized carbons (Fsp3) is 0.143. The van der Waals surface area contributed by atoms with Crippen LogP contribution in [0.1, 0.15) is 5.76 Å². The Morgan fingerprint density at radius 3 is 2.44 bits per heavy atom. The molecule has 0 aliphatic rings. The highest BCUT2D eigenvalue weighted by Crippen LogP contribution is 2.29. The maximum Gasteiger partial charge on any atom is 0.165 e. The molecule has 0 spiro atoms. The minimum atomic E-state index is -0.647. The second kappa shape index (κ2) is 5.95. The van der Waals surface area contributed by atoms with Gasteiger partial charge in [-0.05, 0) is 24.3 Å². The molecule has 1 aromatic carbocycles. The number of nitriles is 2. The monoisotopic (exact) mass is 254 g/mol. The zero-order chi connectivity index (χ0) is 12.8. The molecule has 0 unspecified atom stereocenters. The Morgan fingerprint density at radius 1 is 1.06 bits per heavy atom. The van der Waals surface area contributed by atoms with Crippen LogP contribution in [0.2, 0.25) is 0 Å². The number of hydrogen-bond acceptors (Lipinski definition) is 4. The quantitative estimate of drug-likeness (QED) is 0.835. The molecule has 88 valence electrons. The van der Waals surface area contributed by atoms with Gasteiger partial charge in [0.1, 0.15) is 11.7 Å². The Labute approximate surface area is 110 Å². The third-order valence-electron chi connectivity index (χ3n) is 2.32. The number of rotatable bonds is 4. The highest BCUT2D eigenvalue weighted by Gasteiger charge is 2.11. The Balaban J connectivity index is 2.03. The van der Waals surface area contributed by atoms with Crippen LogP contribution in [-0.4, -0.2) is 0 Å². The van der Waals surface area contributed by atoms with Gasteiger partial charge in [-0.25, -0.2) is 0 Å². The summed E-state index contributed by atoms with van der Waals surface area (Å²) in [5.41, 5.74) is 0. The van der Waals surface area contributed by atoms with Crippen molar-refractivity contribution in [1.29, 1.82) is 10.5 Å². The van der Waals surface area contributed by atoms with Crippen molar-refractivity contribution in [2.45, 2.75) is 16.4 Å². The summed E-state index contributed by atoms with van der Waals surface area (Å²) in [6, 6.07) is 17.4. The van der Waals surface area contributed by atoms with E-state index in [-0.39, 0.29) is 0 Å². The lowest BCUT2D eigenvalue weighted by Gasteiger charge is -1.98. The Hall–Kier alpha value is -2.17. The fourth-order valence-electron chi connectivity index (χ4n) is 1.45. The van der Waals surface area contributed by atoms with Crippen LogP contribution in [0.3, 0.4) is 0 Å². The van der Waals surface area contributed by atoms with Crippen molar-refractivity contribution in [3.63, 3.8) is 0 Å². The molecule has 2 aromatic rings. The molecular weight excluding hydrogens is 244 g/mol. The van der Waals surface area contributed by atoms with Crippen LogP contribution in [0.4, 0.5) is 0 Å². The number of nitrogens with zero attached hydrogens (tertiary/aromatic N) is 2. The first-order valence-electron chi connectivity index (χ1n) is 5.42. The average Bonchev–Trinajstić information content (AvgIpc) is 2.84. The SMILES string of the molecule is N#CC(C#N)Cc1ccc(Sc2ccccc2)o1. The van der Waals surface area contributed by atoms with Crippen LogP contribution in [0.15, 0.2) is 56.9 Å². The molecule has 0 saturated heterocycles. The molecule has 0 bridgehead atoms. The summed E-state index contributed by atoms with van der Waals surface area (Å²) in [5, 5.41) is 18.2. The molecule has 2 rings (SSSR count). The van der Waals surface area contributed by atoms with E-state index < -0.39 is 5.92 Å². The van der Waals surface area contributed by atoms with Crippen molar-refractivity contribution in [3.05, 3.63) is 48.2 Å². The van der Waals surface area contributed by atoms with Crippen molar-refractivity contribution < 1.29 is 4.42 Å². The summed E-state index contributed by atoms with van der Waals surface area (Å²) < 4.78 is 5.58. The molecule has 0 amide bonds. The topological polar surface area (TPSA) is 60.7 Å². The molecule has 0 aliphatic carbocycles. The summed E-state index contributed by atoms with van der Waals surface area (Å²) in [6.45, 7) is 0. The van der Waals surface area contributed by atoms with E-state index in [4.69, 9.17) is 14.9 Å². The summed E-state index contributed by atoms with van der Waals surface area (Å²) in [6.07, 6.45) is 0.336. The van der Waals surface area contributed by atoms with Crippen LogP contribution in [0.5, 0.6) is 0 Å². The second-order valence-electron chi connectivity index (χ2n) is 3.65. The smallest absolute Gasteiger partial charge is 0.165 e. The van der Waals surface area contributed by atoms with Crippen molar-refractivity contribution in [2.24, 2.45) is 5.92 Å². The molecule has 18 heavy (non-hydrogen) atoms. The third kappa shape index (κ3) is 3.16. The predicted molar refractivity (Wildman–Crippen MR) is 67.7 cm³/mol. The summed E-state index contributed by atoms with van der Waals surface area (Å²) in [4.78, 5) is 1.09. The highest BCUT2D eigenvalue weighted by atomic mass is 32.2. The van der Waals surface area contributed by atoms with E-state index in [1.165, 1.54) is 11.8 Å².